The van der Waals surface area contributed by atoms with Crippen molar-refractivity contribution in [1.82, 2.24) is 19.6 Å². The van der Waals surface area contributed by atoms with E-state index in [0.29, 0.717) is 50.0 Å². The van der Waals surface area contributed by atoms with Crippen LogP contribution >= 0.6 is 11.6 Å². The van der Waals surface area contributed by atoms with Crippen LogP contribution in [-0.2, 0) is 22.6 Å². The molecule has 2 aromatic carbocycles. The van der Waals surface area contributed by atoms with Gasteiger partial charge in [0.15, 0.2) is 6.61 Å². The van der Waals surface area contributed by atoms with Crippen LogP contribution in [0.25, 0.3) is 0 Å². The zero-order valence-electron chi connectivity index (χ0n) is 23.9. The molecule has 8 nitrogen and oxygen atoms in total. The second kappa shape index (κ2) is 13.2. The first-order chi connectivity index (χ1) is 19.0. The largest absolute Gasteiger partial charge is 0.483 e. The molecule has 2 aliphatic heterocycles. The minimum absolute atomic E-state index is 0.0382. The maximum absolute atomic E-state index is 13.2. The summed E-state index contributed by atoms with van der Waals surface area (Å²) in [6.45, 7) is 13.6. The van der Waals surface area contributed by atoms with Crippen molar-refractivity contribution >= 4 is 23.6 Å². The van der Waals surface area contributed by atoms with Crippen molar-refractivity contribution < 1.29 is 23.5 Å². The second-order valence-electron chi connectivity index (χ2n) is 11.6. The molecule has 10 heteroatoms. The summed E-state index contributed by atoms with van der Waals surface area (Å²) < 4.78 is 24.7. The summed E-state index contributed by atoms with van der Waals surface area (Å²) in [6.07, 6.45) is -0.289. The molecule has 0 saturated carbocycles. The van der Waals surface area contributed by atoms with Gasteiger partial charge < -0.3 is 19.3 Å². The lowest BCUT2D eigenvalue weighted by Crippen LogP contribution is -2.54. The fraction of sp³-hybridized carbons (Fsp3) is 0.533. The van der Waals surface area contributed by atoms with Gasteiger partial charge in [-0.3, -0.25) is 14.6 Å². The molecule has 4 rings (SSSR count). The molecule has 0 aromatic heterocycles. The number of carbonyl (C=O) groups excluding carboxylic acids is 2. The van der Waals surface area contributed by atoms with E-state index in [1.54, 1.807) is 23.1 Å². The first-order valence-corrected chi connectivity index (χ1v) is 14.2. The van der Waals surface area contributed by atoms with Crippen molar-refractivity contribution in [3.8, 4) is 5.75 Å². The van der Waals surface area contributed by atoms with E-state index in [2.05, 4.69) is 9.80 Å². The number of rotatable bonds is 7. The summed E-state index contributed by atoms with van der Waals surface area (Å²) in [5, 5.41) is 0.604. The third kappa shape index (κ3) is 8.56. The average molecular weight is 575 g/mol. The van der Waals surface area contributed by atoms with Gasteiger partial charge in [-0.05, 0) is 63.6 Å². The molecule has 218 valence electrons. The Morgan fingerprint density at radius 2 is 1.62 bits per heavy atom. The topological polar surface area (TPSA) is 65.6 Å². The SMILES string of the molecule is C[C@@H]1CN(Cc2ccc(F)cc2)CCN1C(=O)COc1ccc(Cl)cc1CN1CCN(C(=O)OC(C)(C)C)CC1. The Balaban J connectivity index is 1.27. The Labute approximate surface area is 241 Å². The predicted octanol–water partition coefficient (Wildman–Crippen LogP) is 4.64. The van der Waals surface area contributed by atoms with Gasteiger partial charge in [0.2, 0.25) is 0 Å². The summed E-state index contributed by atoms with van der Waals surface area (Å²) in [6, 6.07) is 12.0. The molecule has 0 spiro atoms. The fourth-order valence-corrected chi connectivity index (χ4v) is 5.28. The second-order valence-corrected chi connectivity index (χ2v) is 12.0. The fourth-order valence-electron chi connectivity index (χ4n) is 5.09. The zero-order chi connectivity index (χ0) is 28.9. The number of amides is 2. The van der Waals surface area contributed by atoms with Gasteiger partial charge in [0.25, 0.3) is 5.91 Å². The lowest BCUT2D eigenvalue weighted by atomic mass is 10.1. The summed E-state index contributed by atoms with van der Waals surface area (Å²) in [5.41, 5.74) is 1.44. The van der Waals surface area contributed by atoms with Crippen molar-refractivity contribution in [2.24, 2.45) is 0 Å². The van der Waals surface area contributed by atoms with Crippen molar-refractivity contribution in [3.63, 3.8) is 0 Å². The third-order valence-corrected chi connectivity index (χ3v) is 7.38. The molecular formula is C30H40ClFN4O4. The molecule has 0 N–H and O–H groups in total. The van der Waals surface area contributed by atoms with Gasteiger partial charge in [-0.2, -0.15) is 0 Å². The standard InChI is InChI=1S/C30H40ClFN4O4/c1-22-18-34(19-23-5-8-26(32)9-6-23)13-16-36(22)28(37)21-39-27-10-7-25(31)17-24(27)20-33-11-14-35(15-12-33)29(38)40-30(2,3)4/h5-10,17,22H,11-16,18-21H2,1-4H3/t22-/m1/s1. The van der Waals surface area contributed by atoms with Crippen molar-refractivity contribution in [3.05, 3.63) is 64.4 Å². The molecule has 2 amide bonds. The number of piperazine rings is 2. The Hall–Kier alpha value is -2.88. The Bertz CT molecular complexity index is 1170. The van der Waals surface area contributed by atoms with Crippen LogP contribution in [0.1, 0.15) is 38.8 Å². The molecule has 0 aliphatic carbocycles. The van der Waals surface area contributed by atoms with E-state index >= 15 is 0 Å². The van der Waals surface area contributed by atoms with E-state index in [4.69, 9.17) is 21.1 Å². The molecule has 2 saturated heterocycles. The van der Waals surface area contributed by atoms with Gasteiger partial charge in [-0.25, -0.2) is 9.18 Å². The van der Waals surface area contributed by atoms with E-state index in [1.165, 1.54) is 12.1 Å². The molecule has 40 heavy (non-hydrogen) atoms. The number of ether oxygens (including phenoxy) is 2. The highest BCUT2D eigenvalue weighted by Crippen LogP contribution is 2.26. The molecule has 0 bridgehead atoms. The minimum atomic E-state index is -0.520. The quantitative estimate of drug-likeness (QED) is 0.480. The molecule has 2 heterocycles. The van der Waals surface area contributed by atoms with E-state index in [-0.39, 0.29) is 30.5 Å². The molecular weight excluding hydrogens is 535 g/mol. The van der Waals surface area contributed by atoms with Crippen LogP contribution in [0.3, 0.4) is 0 Å². The molecule has 2 aliphatic rings. The zero-order valence-corrected chi connectivity index (χ0v) is 24.6. The highest BCUT2D eigenvalue weighted by molar-refractivity contribution is 6.30. The van der Waals surface area contributed by atoms with Crippen LogP contribution < -0.4 is 4.74 Å². The minimum Gasteiger partial charge on any atom is -0.483 e. The normalized spacial score (nSPS) is 19.0. The van der Waals surface area contributed by atoms with E-state index in [0.717, 1.165) is 30.8 Å². The van der Waals surface area contributed by atoms with Gasteiger partial charge in [0.1, 0.15) is 17.2 Å². The molecule has 0 unspecified atom stereocenters. The van der Waals surface area contributed by atoms with Gasteiger partial charge in [-0.1, -0.05) is 23.7 Å². The highest BCUT2D eigenvalue weighted by Gasteiger charge is 2.29. The average Bonchev–Trinajstić information content (AvgIpc) is 2.89. The summed E-state index contributed by atoms with van der Waals surface area (Å²) >= 11 is 6.30. The number of benzene rings is 2. The van der Waals surface area contributed by atoms with Gasteiger partial charge in [0, 0.05) is 75.5 Å². The van der Waals surface area contributed by atoms with Gasteiger partial charge in [-0.15, -0.1) is 0 Å². The Morgan fingerprint density at radius 1 is 0.950 bits per heavy atom. The maximum Gasteiger partial charge on any atom is 0.410 e. The predicted molar refractivity (Wildman–Crippen MR) is 153 cm³/mol. The van der Waals surface area contributed by atoms with E-state index in [9.17, 15) is 14.0 Å². The number of hydrogen-bond donors (Lipinski definition) is 0. The molecule has 0 radical (unpaired) electrons. The lowest BCUT2D eigenvalue weighted by molar-refractivity contribution is -0.138. The summed E-state index contributed by atoms with van der Waals surface area (Å²) in [7, 11) is 0. The molecule has 2 fully saturated rings. The summed E-state index contributed by atoms with van der Waals surface area (Å²) in [4.78, 5) is 33.6. The van der Waals surface area contributed by atoms with Gasteiger partial charge >= 0.3 is 6.09 Å². The number of hydrogen-bond acceptors (Lipinski definition) is 6. The van der Waals surface area contributed by atoms with E-state index < -0.39 is 5.60 Å². The Morgan fingerprint density at radius 3 is 2.27 bits per heavy atom. The maximum atomic E-state index is 13.2. The van der Waals surface area contributed by atoms with Crippen LogP contribution in [-0.4, -0.2) is 95.7 Å². The first-order valence-electron chi connectivity index (χ1n) is 13.8. The number of halogens is 2. The lowest BCUT2D eigenvalue weighted by Gasteiger charge is -2.40. The van der Waals surface area contributed by atoms with Crippen molar-refractivity contribution in [2.75, 3.05) is 52.4 Å². The van der Waals surface area contributed by atoms with Gasteiger partial charge in [0.05, 0.1) is 0 Å². The van der Waals surface area contributed by atoms with Crippen LogP contribution in [0.4, 0.5) is 9.18 Å². The van der Waals surface area contributed by atoms with Crippen molar-refractivity contribution in [2.45, 2.75) is 52.4 Å². The highest BCUT2D eigenvalue weighted by atomic mass is 35.5. The summed E-state index contributed by atoms with van der Waals surface area (Å²) in [5.74, 6) is 0.341. The monoisotopic (exact) mass is 574 g/mol. The number of nitrogens with zero attached hydrogens (tertiary/aromatic N) is 4. The van der Waals surface area contributed by atoms with Crippen LogP contribution in [0.2, 0.25) is 5.02 Å². The smallest absolute Gasteiger partial charge is 0.410 e. The first kappa shape index (κ1) is 30.1. The van der Waals surface area contributed by atoms with Crippen LogP contribution in [0, 0.1) is 5.82 Å². The van der Waals surface area contributed by atoms with Crippen LogP contribution in [0.15, 0.2) is 42.5 Å². The van der Waals surface area contributed by atoms with Crippen LogP contribution in [0.5, 0.6) is 5.75 Å². The molecule has 1 atom stereocenters. The molecule has 2 aromatic rings. The third-order valence-electron chi connectivity index (χ3n) is 7.14. The van der Waals surface area contributed by atoms with Crippen molar-refractivity contribution in [1.29, 1.82) is 0 Å². The Kier molecular flexibility index (Phi) is 9.92. The number of carbonyl (C=O) groups is 2. The van der Waals surface area contributed by atoms with E-state index in [1.807, 2.05) is 44.7 Å².